The first kappa shape index (κ1) is 13.8. The minimum absolute atomic E-state index is 1.12. The largest absolute Gasteiger partial charge is 0.369 e. The van der Waals surface area contributed by atoms with Crippen molar-refractivity contribution in [3.05, 3.63) is 54.6 Å². The van der Waals surface area contributed by atoms with Crippen LogP contribution in [-0.2, 0) is 0 Å². The maximum Gasteiger partial charge on any atom is 0.0367 e. The maximum atomic E-state index is 2.48. The zero-order valence-corrected chi connectivity index (χ0v) is 13.6. The third-order valence-corrected chi connectivity index (χ3v) is 5.61. The molecule has 4 rings (SSSR count). The standard InChI is InChI=1S/C19H20N2S/c1-20-10-12-21(13-11-20)17-8-6-15(7-9-17)19-14-16-4-2-3-5-18(16)22-19/h2-9,14H,10-13H2,1H3. The van der Waals surface area contributed by atoms with Crippen LogP contribution in [0.3, 0.4) is 0 Å². The summed E-state index contributed by atoms with van der Waals surface area (Å²) in [5.41, 5.74) is 2.66. The van der Waals surface area contributed by atoms with Gasteiger partial charge < -0.3 is 9.80 Å². The van der Waals surface area contributed by atoms with Gasteiger partial charge in [-0.3, -0.25) is 0 Å². The molecule has 1 aromatic heterocycles. The summed E-state index contributed by atoms with van der Waals surface area (Å²) in [6, 6.07) is 20.0. The van der Waals surface area contributed by atoms with E-state index in [1.165, 1.54) is 26.2 Å². The van der Waals surface area contributed by atoms with Crippen LogP contribution in [0.4, 0.5) is 5.69 Å². The predicted molar refractivity (Wildman–Crippen MR) is 97.0 cm³/mol. The van der Waals surface area contributed by atoms with E-state index in [2.05, 4.69) is 71.4 Å². The van der Waals surface area contributed by atoms with Crippen molar-refractivity contribution >= 4 is 27.1 Å². The molecule has 0 unspecified atom stereocenters. The Bertz CT molecular complexity index is 734. The van der Waals surface area contributed by atoms with Crippen LogP contribution >= 0.6 is 11.3 Å². The molecule has 0 radical (unpaired) electrons. The van der Waals surface area contributed by atoms with Gasteiger partial charge in [-0.25, -0.2) is 0 Å². The molecule has 0 amide bonds. The number of anilines is 1. The van der Waals surface area contributed by atoms with Crippen molar-refractivity contribution in [3.63, 3.8) is 0 Å². The highest BCUT2D eigenvalue weighted by Crippen LogP contribution is 2.34. The number of hydrogen-bond donors (Lipinski definition) is 0. The molecule has 0 N–H and O–H groups in total. The Morgan fingerprint density at radius 1 is 0.864 bits per heavy atom. The molecule has 1 fully saturated rings. The quantitative estimate of drug-likeness (QED) is 0.695. The van der Waals surface area contributed by atoms with Crippen molar-refractivity contribution in [2.45, 2.75) is 0 Å². The molecule has 2 nitrogen and oxygen atoms in total. The number of rotatable bonds is 2. The lowest BCUT2D eigenvalue weighted by Gasteiger charge is -2.34. The summed E-state index contributed by atoms with van der Waals surface area (Å²) in [5.74, 6) is 0. The fourth-order valence-corrected chi connectivity index (χ4v) is 4.09. The van der Waals surface area contributed by atoms with Crippen LogP contribution in [0.5, 0.6) is 0 Å². The molecular formula is C19H20N2S. The first-order chi connectivity index (χ1) is 10.8. The molecule has 0 bridgehead atoms. The minimum Gasteiger partial charge on any atom is -0.369 e. The van der Waals surface area contributed by atoms with Gasteiger partial charge in [0.2, 0.25) is 0 Å². The van der Waals surface area contributed by atoms with E-state index in [9.17, 15) is 0 Å². The molecular weight excluding hydrogens is 288 g/mol. The Kier molecular flexibility index (Phi) is 3.60. The summed E-state index contributed by atoms with van der Waals surface area (Å²) in [5, 5.41) is 1.34. The lowest BCUT2D eigenvalue weighted by atomic mass is 10.1. The molecule has 2 heterocycles. The number of thiophene rings is 1. The van der Waals surface area contributed by atoms with E-state index >= 15 is 0 Å². The van der Waals surface area contributed by atoms with Crippen molar-refractivity contribution in [2.75, 3.05) is 38.1 Å². The van der Waals surface area contributed by atoms with Crippen molar-refractivity contribution < 1.29 is 0 Å². The Morgan fingerprint density at radius 3 is 2.32 bits per heavy atom. The number of likely N-dealkylation sites (N-methyl/N-ethyl adjacent to an activating group) is 1. The van der Waals surface area contributed by atoms with E-state index in [1.807, 2.05) is 11.3 Å². The van der Waals surface area contributed by atoms with E-state index in [4.69, 9.17) is 0 Å². The van der Waals surface area contributed by atoms with Gasteiger partial charge in [-0.1, -0.05) is 30.3 Å². The summed E-state index contributed by atoms with van der Waals surface area (Å²) >= 11 is 1.87. The van der Waals surface area contributed by atoms with Gasteiger partial charge in [-0.15, -0.1) is 11.3 Å². The van der Waals surface area contributed by atoms with Crippen LogP contribution in [0.1, 0.15) is 0 Å². The first-order valence-electron chi connectivity index (χ1n) is 7.82. The lowest BCUT2D eigenvalue weighted by molar-refractivity contribution is 0.313. The molecule has 0 saturated carbocycles. The molecule has 3 heteroatoms. The number of fused-ring (bicyclic) bond motifs is 1. The van der Waals surface area contributed by atoms with Gasteiger partial charge in [0, 0.05) is 41.4 Å². The molecule has 2 aromatic carbocycles. The number of benzene rings is 2. The zero-order valence-electron chi connectivity index (χ0n) is 12.8. The van der Waals surface area contributed by atoms with Crippen molar-refractivity contribution in [1.82, 2.24) is 4.90 Å². The van der Waals surface area contributed by atoms with Crippen molar-refractivity contribution in [2.24, 2.45) is 0 Å². The first-order valence-corrected chi connectivity index (χ1v) is 8.64. The molecule has 112 valence electrons. The summed E-state index contributed by atoms with van der Waals surface area (Å²) in [6.07, 6.45) is 0. The fraction of sp³-hybridized carbons (Fsp3) is 0.263. The molecule has 22 heavy (non-hydrogen) atoms. The topological polar surface area (TPSA) is 6.48 Å². The number of piperazine rings is 1. The monoisotopic (exact) mass is 308 g/mol. The normalized spacial score (nSPS) is 16.3. The fourth-order valence-electron chi connectivity index (χ4n) is 3.03. The molecule has 3 aromatic rings. The van der Waals surface area contributed by atoms with Gasteiger partial charge in [0.15, 0.2) is 0 Å². The summed E-state index contributed by atoms with van der Waals surface area (Å²) < 4.78 is 1.36. The average Bonchev–Trinajstić information content (AvgIpc) is 3.00. The Labute approximate surface area is 135 Å². The van der Waals surface area contributed by atoms with Gasteiger partial charge in [0.05, 0.1) is 0 Å². The van der Waals surface area contributed by atoms with E-state index < -0.39 is 0 Å². The van der Waals surface area contributed by atoms with Crippen LogP contribution in [0.15, 0.2) is 54.6 Å². The highest BCUT2D eigenvalue weighted by molar-refractivity contribution is 7.22. The van der Waals surface area contributed by atoms with Crippen molar-refractivity contribution in [3.8, 4) is 10.4 Å². The van der Waals surface area contributed by atoms with Crippen LogP contribution in [0.2, 0.25) is 0 Å². The number of hydrogen-bond acceptors (Lipinski definition) is 3. The van der Waals surface area contributed by atoms with Crippen LogP contribution in [-0.4, -0.2) is 38.1 Å². The average molecular weight is 308 g/mol. The third kappa shape index (κ3) is 2.62. The van der Waals surface area contributed by atoms with E-state index in [-0.39, 0.29) is 0 Å². The second-order valence-corrected chi connectivity index (χ2v) is 7.07. The molecule has 1 aliphatic heterocycles. The van der Waals surface area contributed by atoms with Gasteiger partial charge in [0.25, 0.3) is 0 Å². The molecule has 1 saturated heterocycles. The minimum atomic E-state index is 1.12. The third-order valence-electron chi connectivity index (χ3n) is 4.45. The smallest absolute Gasteiger partial charge is 0.0367 e. The maximum absolute atomic E-state index is 2.48. The van der Waals surface area contributed by atoms with Gasteiger partial charge in [-0.05, 0) is 42.3 Å². The van der Waals surface area contributed by atoms with Crippen LogP contribution < -0.4 is 4.90 Å². The van der Waals surface area contributed by atoms with Crippen molar-refractivity contribution in [1.29, 1.82) is 0 Å². The van der Waals surface area contributed by atoms with Crippen LogP contribution in [0.25, 0.3) is 20.5 Å². The number of nitrogens with zero attached hydrogens (tertiary/aromatic N) is 2. The zero-order chi connectivity index (χ0) is 14.9. The lowest BCUT2D eigenvalue weighted by Crippen LogP contribution is -2.44. The second kappa shape index (κ2) is 5.75. The SMILES string of the molecule is CN1CCN(c2ccc(-c3cc4ccccc4s3)cc2)CC1. The summed E-state index contributed by atoms with van der Waals surface area (Å²) in [6.45, 7) is 4.55. The Morgan fingerprint density at radius 2 is 1.59 bits per heavy atom. The Balaban J connectivity index is 1.58. The predicted octanol–water partition coefficient (Wildman–Crippen LogP) is 4.32. The van der Waals surface area contributed by atoms with E-state index in [1.54, 1.807) is 0 Å². The van der Waals surface area contributed by atoms with Crippen LogP contribution in [0, 0.1) is 0 Å². The summed E-state index contributed by atoms with van der Waals surface area (Å²) in [7, 11) is 2.20. The Hall–Kier alpha value is -1.84. The molecule has 0 atom stereocenters. The van der Waals surface area contributed by atoms with E-state index in [0.717, 1.165) is 26.2 Å². The molecule has 1 aliphatic rings. The highest BCUT2D eigenvalue weighted by Gasteiger charge is 2.14. The second-order valence-electron chi connectivity index (χ2n) is 5.99. The van der Waals surface area contributed by atoms with Gasteiger partial charge in [-0.2, -0.15) is 0 Å². The highest BCUT2D eigenvalue weighted by atomic mass is 32.1. The van der Waals surface area contributed by atoms with E-state index in [0.29, 0.717) is 0 Å². The van der Waals surface area contributed by atoms with Gasteiger partial charge >= 0.3 is 0 Å². The molecule has 0 spiro atoms. The molecule has 0 aliphatic carbocycles. The van der Waals surface area contributed by atoms with Gasteiger partial charge in [0.1, 0.15) is 0 Å². The summed E-state index contributed by atoms with van der Waals surface area (Å²) in [4.78, 5) is 6.22.